The van der Waals surface area contributed by atoms with Gasteiger partial charge < -0.3 is 10.1 Å². The first-order chi connectivity index (χ1) is 8.26. The average Bonchev–Trinajstić information content (AvgIpc) is 2.33. The molecule has 0 atom stereocenters. The molecule has 0 aliphatic heterocycles. The number of pyridine rings is 1. The summed E-state index contributed by atoms with van der Waals surface area (Å²) in [4.78, 5) is 4.47. The van der Waals surface area contributed by atoms with Crippen molar-refractivity contribution >= 4 is 15.9 Å². The maximum Gasteiger partial charge on any atom is 0.122 e. The minimum absolute atomic E-state index is 0.812. The highest BCUT2D eigenvalue weighted by Crippen LogP contribution is 2.13. The molecule has 1 aromatic heterocycles. The average molecular weight is 301 g/mol. The Kier molecular flexibility index (Phi) is 7.21. The Balaban J connectivity index is 2.28. The van der Waals surface area contributed by atoms with Gasteiger partial charge in [0.05, 0.1) is 12.8 Å². The molecule has 0 bridgehead atoms. The molecule has 0 aliphatic carbocycles. The Morgan fingerprint density at radius 1 is 1.29 bits per heavy atom. The molecule has 0 spiro atoms. The SMILES string of the molecule is COc1cc(C)nc(CNCCCCCBr)c1. The lowest BCUT2D eigenvalue weighted by atomic mass is 10.2. The highest BCUT2D eigenvalue weighted by Gasteiger charge is 2.00. The van der Waals surface area contributed by atoms with E-state index in [1.165, 1.54) is 19.3 Å². The summed E-state index contributed by atoms with van der Waals surface area (Å²) in [6.07, 6.45) is 3.73. The molecule has 0 saturated carbocycles. The van der Waals surface area contributed by atoms with Crippen LogP contribution >= 0.6 is 15.9 Å². The third-order valence-corrected chi connectivity index (χ3v) is 3.07. The molecule has 1 N–H and O–H groups in total. The minimum atomic E-state index is 0.812. The van der Waals surface area contributed by atoms with Crippen molar-refractivity contribution in [3.05, 3.63) is 23.5 Å². The number of halogens is 1. The first-order valence-electron chi connectivity index (χ1n) is 6.04. The van der Waals surface area contributed by atoms with Crippen LogP contribution in [0.1, 0.15) is 30.7 Å². The van der Waals surface area contributed by atoms with Crippen molar-refractivity contribution < 1.29 is 4.74 Å². The zero-order chi connectivity index (χ0) is 12.5. The molecule has 0 aliphatic rings. The van der Waals surface area contributed by atoms with Gasteiger partial charge in [0.25, 0.3) is 0 Å². The molecule has 1 heterocycles. The summed E-state index contributed by atoms with van der Waals surface area (Å²) in [6, 6.07) is 3.93. The van der Waals surface area contributed by atoms with Crippen LogP contribution < -0.4 is 10.1 Å². The third-order valence-electron chi connectivity index (χ3n) is 2.51. The van der Waals surface area contributed by atoms with E-state index < -0.39 is 0 Å². The molecule has 3 nitrogen and oxygen atoms in total. The van der Waals surface area contributed by atoms with E-state index >= 15 is 0 Å². The monoisotopic (exact) mass is 300 g/mol. The lowest BCUT2D eigenvalue weighted by Crippen LogP contribution is -2.15. The number of hydrogen-bond donors (Lipinski definition) is 1. The summed E-state index contributed by atoms with van der Waals surface area (Å²) in [5.74, 6) is 0.883. The summed E-state index contributed by atoms with van der Waals surface area (Å²) in [7, 11) is 1.69. The van der Waals surface area contributed by atoms with Crippen LogP contribution in [0.15, 0.2) is 12.1 Å². The summed E-state index contributed by atoms with van der Waals surface area (Å²) in [5.41, 5.74) is 2.04. The van der Waals surface area contributed by atoms with Crippen LogP contribution in [0.4, 0.5) is 0 Å². The van der Waals surface area contributed by atoms with E-state index in [-0.39, 0.29) is 0 Å². The molecule has 1 aromatic rings. The maximum absolute atomic E-state index is 5.22. The molecule has 0 fully saturated rings. The fraction of sp³-hybridized carbons (Fsp3) is 0.615. The van der Waals surface area contributed by atoms with Gasteiger partial charge in [-0.1, -0.05) is 22.4 Å². The number of methoxy groups -OCH3 is 1. The van der Waals surface area contributed by atoms with Gasteiger partial charge in [0.1, 0.15) is 5.75 Å². The Hall–Kier alpha value is -0.610. The van der Waals surface area contributed by atoms with Crippen LogP contribution in [0.5, 0.6) is 5.75 Å². The first-order valence-corrected chi connectivity index (χ1v) is 7.16. The van der Waals surface area contributed by atoms with E-state index in [0.717, 1.165) is 35.6 Å². The van der Waals surface area contributed by atoms with Crippen molar-refractivity contribution in [1.82, 2.24) is 10.3 Å². The van der Waals surface area contributed by atoms with Crippen molar-refractivity contribution in [1.29, 1.82) is 0 Å². The van der Waals surface area contributed by atoms with Gasteiger partial charge >= 0.3 is 0 Å². The molecule has 96 valence electrons. The van der Waals surface area contributed by atoms with Gasteiger partial charge in [0.2, 0.25) is 0 Å². The lowest BCUT2D eigenvalue weighted by Gasteiger charge is -2.07. The number of aryl methyl sites for hydroxylation is 1. The van der Waals surface area contributed by atoms with Crippen LogP contribution in [0.3, 0.4) is 0 Å². The lowest BCUT2D eigenvalue weighted by molar-refractivity contribution is 0.412. The molecule has 0 aromatic carbocycles. The van der Waals surface area contributed by atoms with Gasteiger partial charge in [0.15, 0.2) is 0 Å². The van der Waals surface area contributed by atoms with E-state index in [4.69, 9.17) is 4.74 Å². The minimum Gasteiger partial charge on any atom is -0.497 e. The number of nitrogens with zero attached hydrogens (tertiary/aromatic N) is 1. The number of rotatable bonds is 8. The molecule has 4 heteroatoms. The maximum atomic E-state index is 5.22. The topological polar surface area (TPSA) is 34.1 Å². The number of hydrogen-bond acceptors (Lipinski definition) is 3. The van der Waals surface area contributed by atoms with Crippen LogP contribution in [0, 0.1) is 6.92 Å². The van der Waals surface area contributed by atoms with E-state index in [2.05, 4.69) is 26.2 Å². The summed E-state index contributed by atoms with van der Waals surface area (Å²) in [5, 5.41) is 4.51. The highest BCUT2D eigenvalue weighted by molar-refractivity contribution is 9.09. The standard InChI is InChI=1S/C13H21BrN2O/c1-11-8-13(17-2)9-12(16-11)10-15-7-5-3-4-6-14/h8-9,15H,3-7,10H2,1-2H3. The fourth-order valence-electron chi connectivity index (χ4n) is 1.65. The van der Waals surface area contributed by atoms with E-state index in [1.54, 1.807) is 7.11 Å². The third kappa shape index (κ3) is 6.03. The van der Waals surface area contributed by atoms with Crippen LogP contribution in [0.2, 0.25) is 0 Å². The van der Waals surface area contributed by atoms with Gasteiger partial charge in [-0.2, -0.15) is 0 Å². The van der Waals surface area contributed by atoms with E-state index in [1.807, 2.05) is 19.1 Å². The second-order valence-electron chi connectivity index (χ2n) is 4.07. The molecule has 0 amide bonds. The predicted molar refractivity (Wildman–Crippen MR) is 74.9 cm³/mol. The molecular weight excluding hydrogens is 280 g/mol. The van der Waals surface area contributed by atoms with Gasteiger partial charge in [-0.3, -0.25) is 4.98 Å². The summed E-state index contributed by atoms with van der Waals surface area (Å²) >= 11 is 3.43. The Labute approximate surface area is 112 Å². The van der Waals surface area contributed by atoms with E-state index in [0.29, 0.717) is 0 Å². The largest absolute Gasteiger partial charge is 0.497 e. The van der Waals surface area contributed by atoms with Crippen LogP contribution in [-0.4, -0.2) is 24.0 Å². The van der Waals surface area contributed by atoms with Gasteiger partial charge in [-0.05, 0) is 26.3 Å². The fourth-order valence-corrected chi connectivity index (χ4v) is 2.05. The first kappa shape index (κ1) is 14.5. The van der Waals surface area contributed by atoms with Crippen molar-refractivity contribution in [2.24, 2.45) is 0 Å². The summed E-state index contributed by atoms with van der Waals surface area (Å²) in [6.45, 7) is 3.85. The van der Waals surface area contributed by atoms with Gasteiger partial charge in [0, 0.05) is 29.7 Å². The highest BCUT2D eigenvalue weighted by atomic mass is 79.9. The Morgan fingerprint density at radius 3 is 2.82 bits per heavy atom. The molecule has 1 rings (SSSR count). The number of alkyl halides is 1. The molecule has 17 heavy (non-hydrogen) atoms. The number of aromatic nitrogens is 1. The van der Waals surface area contributed by atoms with Crippen molar-refractivity contribution in [2.75, 3.05) is 19.0 Å². The Bertz CT molecular complexity index is 331. The quantitative estimate of drug-likeness (QED) is 0.592. The molecular formula is C13H21BrN2O. The summed E-state index contributed by atoms with van der Waals surface area (Å²) < 4.78 is 5.22. The zero-order valence-corrected chi connectivity index (χ0v) is 12.2. The number of unbranched alkanes of at least 4 members (excludes halogenated alkanes) is 2. The van der Waals surface area contributed by atoms with Crippen molar-refractivity contribution in [2.45, 2.75) is 32.7 Å². The van der Waals surface area contributed by atoms with E-state index in [9.17, 15) is 0 Å². The normalized spacial score (nSPS) is 10.5. The second-order valence-corrected chi connectivity index (χ2v) is 4.86. The second kappa shape index (κ2) is 8.48. The Morgan fingerprint density at radius 2 is 2.12 bits per heavy atom. The van der Waals surface area contributed by atoms with Crippen molar-refractivity contribution in [3.63, 3.8) is 0 Å². The number of nitrogens with one attached hydrogen (secondary N) is 1. The molecule has 0 radical (unpaired) electrons. The van der Waals surface area contributed by atoms with Crippen molar-refractivity contribution in [3.8, 4) is 5.75 Å². The predicted octanol–water partition coefficient (Wildman–Crippen LogP) is 3.05. The molecule has 0 unspecified atom stereocenters. The van der Waals surface area contributed by atoms with Crippen LogP contribution in [-0.2, 0) is 6.54 Å². The van der Waals surface area contributed by atoms with Crippen LogP contribution in [0.25, 0.3) is 0 Å². The molecule has 0 saturated heterocycles. The van der Waals surface area contributed by atoms with Gasteiger partial charge in [-0.25, -0.2) is 0 Å². The van der Waals surface area contributed by atoms with Gasteiger partial charge in [-0.15, -0.1) is 0 Å². The number of ether oxygens (including phenoxy) is 1. The zero-order valence-electron chi connectivity index (χ0n) is 10.6. The smallest absolute Gasteiger partial charge is 0.122 e.